The summed E-state index contributed by atoms with van der Waals surface area (Å²) in [6.45, 7) is 5.04. The maximum atomic E-state index is 5.74. The molecule has 0 amide bonds. The summed E-state index contributed by atoms with van der Waals surface area (Å²) in [7, 11) is 0. The molecule has 2 heteroatoms. The zero-order valence-corrected chi connectivity index (χ0v) is 12.0. The molecule has 0 radical (unpaired) electrons. The van der Waals surface area contributed by atoms with Gasteiger partial charge in [-0.1, -0.05) is 49.4 Å². The second-order valence-corrected chi connectivity index (χ2v) is 5.84. The van der Waals surface area contributed by atoms with Crippen LogP contribution in [0.15, 0.2) is 48.5 Å². The van der Waals surface area contributed by atoms with E-state index in [1.54, 1.807) is 0 Å². The predicted molar refractivity (Wildman–Crippen MR) is 84.7 cm³/mol. The van der Waals surface area contributed by atoms with Gasteiger partial charge in [0.1, 0.15) is 0 Å². The van der Waals surface area contributed by atoms with Gasteiger partial charge in [-0.25, -0.2) is 0 Å². The van der Waals surface area contributed by atoms with Crippen molar-refractivity contribution in [2.75, 3.05) is 11.4 Å². The number of para-hydroxylation sites is 1. The minimum Gasteiger partial charge on any atom is -0.367 e. The lowest BCUT2D eigenvalue weighted by atomic mass is 9.93. The van der Waals surface area contributed by atoms with Gasteiger partial charge in [-0.2, -0.15) is 0 Å². The van der Waals surface area contributed by atoms with E-state index in [9.17, 15) is 0 Å². The normalized spacial score (nSPS) is 17.9. The van der Waals surface area contributed by atoms with Crippen LogP contribution >= 0.6 is 0 Å². The Morgan fingerprint density at radius 2 is 1.90 bits per heavy atom. The molecule has 2 N–H and O–H groups in total. The third-order valence-corrected chi connectivity index (χ3v) is 4.03. The van der Waals surface area contributed by atoms with E-state index in [1.807, 2.05) is 0 Å². The molecular formula is C18H22N2. The van der Waals surface area contributed by atoms with Gasteiger partial charge in [-0.15, -0.1) is 0 Å². The van der Waals surface area contributed by atoms with Gasteiger partial charge < -0.3 is 10.6 Å². The zero-order chi connectivity index (χ0) is 13.9. The molecule has 0 saturated heterocycles. The van der Waals surface area contributed by atoms with Crippen molar-refractivity contribution in [2.45, 2.75) is 26.4 Å². The molecule has 1 heterocycles. The number of anilines is 1. The Morgan fingerprint density at radius 1 is 1.10 bits per heavy atom. The van der Waals surface area contributed by atoms with Crippen molar-refractivity contribution in [2.24, 2.45) is 11.7 Å². The average Bonchev–Trinajstić information content (AvgIpc) is 2.47. The van der Waals surface area contributed by atoms with Crippen molar-refractivity contribution in [3.63, 3.8) is 0 Å². The minimum atomic E-state index is 0.612. The topological polar surface area (TPSA) is 29.3 Å². The SMILES string of the molecule is CC1Cc2ccccc2N(Cc2cccc(CN)c2)C1. The van der Waals surface area contributed by atoms with E-state index in [0.717, 1.165) is 13.1 Å². The number of nitrogens with zero attached hydrogens (tertiary/aromatic N) is 1. The van der Waals surface area contributed by atoms with Gasteiger partial charge in [-0.3, -0.25) is 0 Å². The molecule has 104 valence electrons. The van der Waals surface area contributed by atoms with Crippen molar-refractivity contribution in [1.82, 2.24) is 0 Å². The first kappa shape index (κ1) is 13.2. The van der Waals surface area contributed by atoms with Crippen LogP contribution in [-0.4, -0.2) is 6.54 Å². The molecule has 0 aromatic heterocycles. The van der Waals surface area contributed by atoms with E-state index >= 15 is 0 Å². The molecule has 0 fully saturated rings. The summed E-state index contributed by atoms with van der Waals surface area (Å²) in [6, 6.07) is 17.4. The molecule has 2 aromatic carbocycles. The van der Waals surface area contributed by atoms with Gasteiger partial charge in [0, 0.05) is 25.3 Å². The molecule has 2 nitrogen and oxygen atoms in total. The highest BCUT2D eigenvalue weighted by Crippen LogP contribution is 2.30. The number of fused-ring (bicyclic) bond motifs is 1. The monoisotopic (exact) mass is 266 g/mol. The summed E-state index contributed by atoms with van der Waals surface area (Å²) < 4.78 is 0. The van der Waals surface area contributed by atoms with E-state index in [1.165, 1.54) is 28.8 Å². The number of rotatable bonds is 3. The molecule has 1 atom stereocenters. The second kappa shape index (κ2) is 5.68. The minimum absolute atomic E-state index is 0.612. The van der Waals surface area contributed by atoms with Gasteiger partial charge in [0.15, 0.2) is 0 Å². The van der Waals surface area contributed by atoms with E-state index in [2.05, 4.69) is 60.4 Å². The Bertz CT molecular complexity index is 591. The summed E-state index contributed by atoms with van der Waals surface area (Å²) in [5, 5.41) is 0. The number of nitrogens with two attached hydrogens (primary N) is 1. The highest BCUT2D eigenvalue weighted by atomic mass is 15.1. The van der Waals surface area contributed by atoms with Gasteiger partial charge >= 0.3 is 0 Å². The smallest absolute Gasteiger partial charge is 0.0429 e. The van der Waals surface area contributed by atoms with Crippen LogP contribution in [0, 0.1) is 5.92 Å². The lowest BCUT2D eigenvalue weighted by Crippen LogP contribution is -2.33. The molecule has 1 unspecified atom stereocenters. The van der Waals surface area contributed by atoms with E-state index in [0.29, 0.717) is 12.5 Å². The van der Waals surface area contributed by atoms with Gasteiger partial charge in [-0.05, 0) is 35.1 Å². The summed E-state index contributed by atoms with van der Waals surface area (Å²) >= 11 is 0. The number of hydrogen-bond donors (Lipinski definition) is 1. The quantitative estimate of drug-likeness (QED) is 0.923. The second-order valence-electron chi connectivity index (χ2n) is 5.84. The van der Waals surface area contributed by atoms with E-state index < -0.39 is 0 Å². The molecule has 1 aliphatic heterocycles. The van der Waals surface area contributed by atoms with Crippen LogP contribution in [0.1, 0.15) is 23.6 Å². The average molecular weight is 266 g/mol. The van der Waals surface area contributed by atoms with Crippen LogP contribution in [-0.2, 0) is 19.5 Å². The van der Waals surface area contributed by atoms with Crippen LogP contribution in [0.3, 0.4) is 0 Å². The van der Waals surface area contributed by atoms with Crippen molar-refractivity contribution < 1.29 is 0 Å². The standard InChI is InChI=1S/C18H22N2/c1-14-9-17-7-2-3-8-18(17)20(12-14)13-16-6-4-5-15(10-16)11-19/h2-8,10,14H,9,11-13,19H2,1H3. The molecule has 0 spiro atoms. The highest BCUT2D eigenvalue weighted by Gasteiger charge is 2.21. The largest absolute Gasteiger partial charge is 0.367 e. The molecule has 0 bridgehead atoms. The summed E-state index contributed by atoms with van der Waals surface area (Å²) in [5.74, 6) is 0.711. The van der Waals surface area contributed by atoms with Crippen LogP contribution < -0.4 is 10.6 Å². The van der Waals surface area contributed by atoms with Crippen LogP contribution in [0.25, 0.3) is 0 Å². The Hall–Kier alpha value is -1.80. The summed E-state index contributed by atoms with van der Waals surface area (Å²) in [6.07, 6.45) is 1.19. The lowest BCUT2D eigenvalue weighted by molar-refractivity contribution is 0.530. The third kappa shape index (κ3) is 2.70. The Labute approximate surface area is 121 Å². The van der Waals surface area contributed by atoms with Crippen molar-refractivity contribution in [3.8, 4) is 0 Å². The predicted octanol–water partition coefficient (Wildman–Crippen LogP) is 3.34. The van der Waals surface area contributed by atoms with Crippen molar-refractivity contribution >= 4 is 5.69 Å². The zero-order valence-electron chi connectivity index (χ0n) is 12.0. The lowest BCUT2D eigenvalue weighted by Gasteiger charge is -2.35. The fourth-order valence-corrected chi connectivity index (χ4v) is 3.13. The van der Waals surface area contributed by atoms with Gasteiger partial charge in [0.25, 0.3) is 0 Å². The molecule has 0 saturated carbocycles. The first-order valence-electron chi connectivity index (χ1n) is 7.37. The molecule has 0 aliphatic carbocycles. The summed E-state index contributed by atoms with van der Waals surface area (Å²) in [5.41, 5.74) is 11.2. The van der Waals surface area contributed by atoms with Crippen molar-refractivity contribution in [3.05, 3.63) is 65.2 Å². The van der Waals surface area contributed by atoms with Crippen molar-refractivity contribution in [1.29, 1.82) is 0 Å². The molecule has 2 aromatic rings. The number of benzene rings is 2. The first-order chi connectivity index (χ1) is 9.76. The Kier molecular flexibility index (Phi) is 3.75. The maximum Gasteiger partial charge on any atom is 0.0429 e. The fraction of sp³-hybridized carbons (Fsp3) is 0.333. The van der Waals surface area contributed by atoms with Crippen LogP contribution in [0.4, 0.5) is 5.69 Å². The van der Waals surface area contributed by atoms with Gasteiger partial charge in [0.2, 0.25) is 0 Å². The molecular weight excluding hydrogens is 244 g/mol. The van der Waals surface area contributed by atoms with E-state index in [-0.39, 0.29) is 0 Å². The highest BCUT2D eigenvalue weighted by molar-refractivity contribution is 5.56. The Morgan fingerprint density at radius 3 is 2.75 bits per heavy atom. The fourth-order valence-electron chi connectivity index (χ4n) is 3.13. The Balaban J connectivity index is 1.87. The number of hydrogen-bond acceptors (Lipinski definition) is 2. The third-order valence-electron chi connectivity index (χ3n) is 4.03. The van der Waals surface area contributed by atoms with Crippen LogP contribution in [0.5, 0.6) is 0 Å². The molecule has 3 rings (SSSR count). The summed E-state index contributed by atoms with van der Waals surface area (Å²) in [4.78, 5) is 2.50. The maximum absolute atomic E-state index is 5.74. The molecule has 20 heavy (non-hydrogen) atoms. The van der Waals surface area contributed by atoms with Crippen LogP contribution in [0.2, 0.25) is 0 Å². The van der Waals surface area contributed by atoms with Gasteiger partial charge in [0.05, 0.1) is 0 Å². The first-order valence-corrected chi connectivity index (χ1v) is 7.37. The van der Waals surface area contributed by atoms with E-state index in [4.69, 9.17) is 5.73 Å². The molecule has 1 aliphatic rings.